The molecule has 0 aliphatic rings. The van der Waals surface area contributed by atoms with Gasteiger partial charge >= 0.3 is 0 Å². The summed E-state index contributed by atoms with van der Waals surface area (Å²) >= 11 is 0. The van der Waals surface area contributed by atoms with E-state index in [-0.39, 0.29) is 0 Å². The quantitative estimate of drug-likeness (QED) is 0.184. The molecule has 7 aromatic carbocycles. The normalized spacial score (nSPS) is 11.8. The van der Waals surface area contributed by atoms with Crippen LogP contribution in [-0.4, -0.2) is 19.5 Å². The van der Waals surface area contributed by atoms with E-state index >= 15 is 0 Å². The van der Waals surface area contributed by atoms with Crippen molar-refractivity contribution in [2.45, 2.75) is 0 Å². The van der Waals surface area contributed by atoms with Crippen LogP contribution in [0.1, 0.15) is 5.56 Å². The maximum absolute atomic E-state index is 9.35. The second-order valence-corrected chi connectivity index (χ2v) is 13.1. The highest BCUT2D eigenvalue weighted by atomic mass is 16.3. The zero-order chi connectivity index (χ0) is 35.0. The Kier molecular flexibility index (Phi) is 6.18. The summed E-state index contributed by atoms with van der Waals surface area (Å²) in [6, 6.07) is 52.6. The number of furan rings is 2. The van der Waals surface area contributed by atoms with E-state index in [1.165, 1.54) is 0 Å². The van der Waals surface area contributed by atoms with Crippen LogP contribution in [0.25, 0.3) is 106 Å². The van der Waals surface area contributed by atoms with Crippen molar-refractivity contribution in [3.05, 3.63) is 157 Å². The van der Waals surface area contributed by atoms with Crippen molar-refractivity contribution in [2.75, 3.05) is 0 Å². The molecule has 0 aliphatic carbocycles. The third-order valence-electron chi connectivity index (χ3n) is 10.1. The first-order valence-corrected chi connectivity index (χ1v) is 17.3. The molecule has 0 saturated carbocycles. The van der Waals surface area contributed by atoms with Crippen LogP contribution in [0.15, 0.2) is 160 Å². The third kappa shape index (κ3) is 4.36. The van der Waals surface area contributed by atoms with Crippen molar-refractivity contribution >= 4 is 65.7 Å². The maximum Gasteiger partial charge on any atom is 0.164 e. The van der Waals surface area contributed by atoms with E-state index < -0.39 is 0 Å². The predicted octanol–water partition coefficient (Wildman–Crippen LogP) is 11.6. The molecule has 246 valence electrons. The van der Waals surface area contributed by atoms with Crippen LogP contribution < -0.4 is 0 Å². The fourth-order valence-electron chi connectivity index (χ4n) is 7.68. The highest BCUT2D eigenvalue weighted by Crippen LogP contribution is 2.48. The fourth-order valence-corrected chi connectivity index (χ4v) is 7.68. The van der Waals surface area contributed by atoms with Crippen molar-refractivity contribution in [2.24, 2.45) is 0 Å². The molecule has 11 rings (SSSR count). The van der Waals surface area contributed by atoms with Gasteiger partial charge in [0.05, 0.1) is 38.8 Å². The van der Waals surface area contributed by atoms with E-state index in [1.54, 1.807) is 12.1 Å². The molecule has 0 saturated heterocycles. The van der Waals surface area contributed by atoms with Gasteiger partial charge in [0.1, 0.15) is 22.3 Å². The van der Waals surface area contributed by atoms with E-state index in [9.17, 15) is 5.26 Å². The van der Waals surface area contributed by atoms with Crippen molar-refractivity contribution in [3.8, 4) is 45.9 Å². The van der Waals surface area contributed by atoms with Gasteiger partial charge in [-0.2, -0.15) is 5.26 Å². The fraction of sp³-hybridized carbons (Fsp3) is 0. The standard InChI is InChI=1S/C46H25N5O2/c47-26-27-18-20-29(21-19-27)45-48-44(28-10-2-1-3-11-28)49-46(50-45)30-22-24-31(25-23-30)51-35-15-7-4-12-32(35)38-41(51)39-33-13-5-8-16-36(33)52-43(39)40-34-14-6-9-17-37(34)53-42(38)40/h1-25H. The lowest BCUT2D eigenvalue weighted by Gasteiger charge is -2.11. The average Bonchev–Trinajstić information content (AvgIpc) is 3.91. The summed E-state index contributed by atoms with van der Waals surface area (Å²) in [6.07, 6.45) is 0. The number of nitrogens with zero attached hydrogens (tertiary/aromatic N) is 5. The van der Waals surface area contributed by atoms with Gasteiger partial charge < -0.3 is 13.4 Å². The Bertz CT molecular complexity index is 3250. The number of fused-ring (bicyclic) bond motifs is 12. The number of hydrogen-bond acceptors (Lipinski definition) is 6. The number of rotatable bonds is 4. The minimum atomic E-state index is 0.536. The Morgan fingerprint density at radius 1 is 0.453 bits per heavy atom. The van der Waals surface area contributed by atoms with E-state index in [1.807, 2.05) is 72.8 Å². The molecule has 53 heavy (non-hydrogen) atoms. The first-order chi connectivity index (χ1) is 26.2. The van der Waals surface area contributed by atoms with Gasteiger partial charge in [0.2, 0.25) is 0 Å². The van der Waals surface area contributed by atoms with Crippen LogP contribution in [0.2, 0.25) is 0 Å². The summed E-state index contributed by atoms with van der Waals surface area (Å²) in [6.45, 7) is 0. The smallest absolute Gasteiger partial charge is 0.164 e. The summed E-state index contributed by atoms with van der Waals surface area (Å²) < 4.78 is 15.7. The molecule has 0 unspecified atom stereocenters. The molecular weight excluding hydrogens is 655 g/mol. The van der Waals surface area contributed by atoms with Crippen LogP contribution in [0.5, 0.6) is 0 Å². The van der Waals surface area contributed by atoms with Crippen LogP contribution in [0.4, 0.5) is 0 Å². The Balaban J connectivity index is 1.16. The Hall–Kier alpha value is -7.56. The van der Waals surface area contributed by atoms with Crippen molar-refractivity contribution in [1.82, 2.24) is 19.5 Å². The molecular formula is C46H25N5O2. The van der Waals surface area contributed by atoms with E-state index in [0.29, 0.717) is 23.0 Å². The van der Waals surface area contributed by atoms with Gasteiger partial charge in [-0.1, -0.05) is 84.9 Å². The maximum atomic E-state index is 9.35. The number of para-hydroxylation sites is 3. The van der Waals surface area contributed by atoms with E-state index in [2.05, 4.69) is 77.4 Å². The van der Waals surface area contributed by atoms with E-state index in [0.717, 1.165) is 88.1 Å². The molecule has 0 aliphatic heterocycles. The summed E-state index contributed by atoms with van der Waals surface area (Å²) in [5.74, 6) is 1.67. The first-order valence-electron chi connectivity index (χ1n) is 17.3. The van der Waals surface area contributed by atoms with Crippen LogP contribution in [0.3, 0.4) is 0 Å². The lowest BCUT2D eigenvalue weighted by molar-refractivity contribution is 0.665. The molecule has 0 radical (unpaired) electrons. The monoisotopic (exact) mass is 679 g/mol. The molecule has 0 amide bonds. The van der Waals surface area contributed by atoms with Crippen molar-refractivity contribution in [3.63, 3.8) is 0 Å². The number of benzene rings is 7. The Morgan fingerprint density at radius 2 is 0.925 bits per heavy atom. The van der Waals surface area contributed by atoms with Crippen molar-refractivity contribution < 1.29 is 8.83 Å². The lowest BCUT2D eigenvalue weighted by atomic mass is 10.0. The van der Waals surface area contributed by atoms with Gasteiger partial charge in [0.15, 0.2) is 17.5 Å². The first kappa shape index (κ1) is 29.2. The molecule has 0 spiro atoms. The highest BCUT2D eigenvalue weighted by molar-refractivity contribution is 6.37. The zero-order valence-corrected chi connectivity index (χ0v) is 28.0. The minimum absolute atomic E-state index is 0.536. The van der Waals surface area contributed by atoms with Gasteiger partial charge in [-0.25, -0.2) is 15.0 Å². The van der Waals surface area contributed by atoms with Crippen LogP contribution >= 0.6 is 0 Å². The minimum Gasteiger partial charge on any atom is -0.455 e. The Labute approximate surface area is 301 Å². The molecule has 0 bridgehead atoms. The van der Waals surface area contributed by atoms with Gasteiger partial charge in [-0.3, -0.25) is 0 Å². The van der Waals surface area contributed by atoms with Crippen LogP contribution in [-0.2, 0) is 0 Å². The Morgan fingerprint density at radius 3 is 1.53 bits per heavy atom. The average molecular weight is 680 g/mol. The van der Waals surface area contributed by atoms with Crippen LogP contribution in [0, 0.1) is 11.3 Å². The van der Waals surface area contributed by atoms with E-state index in [4.69, 9.17) is 23.8 Å². The molecule has 7 heteroatoms. The molecule has 4 heterocycles. The predicted molar refractivity (Wildman–Crippen MR) is 210 cm³/mol. The topological polar surface area (TPSA) is 93.7 Å². The SMILES string of the molecule is N#Cc1ccc(-c2nc(-c3ccccc3)nc(-c3ccc(-n4c5ccccc5c5c6oc7ccccc7c6c6oc7ccccc7c6c54)cc3)n2)cc1. The second-order valence-electron chi connectivity index (χ2n) is 13.1. The molecule has 7 nitrogen and oxygen atoms in total. The third-order valence-corrected chi connectivity index (χ3v) is 10.1. The molecule has 11 aromatic rings. The summed E-state index contributed by atoms with van der Waals surface area (Å²) in [7, 11) is 0. The molecule has 0 N–H and O–H groups in total. The number of aromatic nitrogens is 4. The summed E-state index contributed by atoms with van der Waals surface area (Å²) in [5, 5.41) is 15.6. The van der Waals surface area contributed by atoms with Gasteiger partial charge in [0.25, 0.3) is 0 Å². The van der Waals surface area contributed by atoms with Crippen molar-refractivity contribution in [1.29, 1.82) is 5.26 Å². The number of nitriles is 1. The zero-order valence-electron chi connectivity index (χ0n) is 28.0. The highest BCUT2D eigenvalue weighted by Gasteiger charge is 2.26. The molecule has 0 atom stereocenters. The number of hydrogen-bond donors (Lipinski definition) is 0. The summed E-state index contributed by atoms with van der Waals surface area (Å²) in [5.41, 5.74) is 9.47. The van der Waals surface area contributed by atoms with Gasteiger partial charge in [-0.15, -0.1) is 0 Å². The molecule has 0 fully saturated rings. The molecule has 4 aromatic heterocycles. The van der Waals surface area contributed by atoms with Gasteiger partial charge in [0, 0.05) is 38.5 Å². The van der Waals surface area contributed by atoms with Gasteiger partial charge in [-0.05, 0) is 66.7 Å². The second kappa shape index (κ2) is 11.2. The summed E-state index contributed by atoms with van der Waals surface area (Å²) in [4.78, 5) is 14.7. The largest absolute Gasteiger partial charge is 0.455 e. The lowest BCUT2D eigenvalue weighted by Crippen LogP contribution is -2.00.